The number of nitrogens with two attached hydrogens (primary N) is 2. The third kappa shape index (κ3) is 5.05. The molecule has 3 heterocycles. The predicted molar refractivity (Wildman–Crippen MR) is 119 cm³/mol. The molecule has 10 nitrogen and oxygen atoms in total. The van der Waals surface area contributed by atoms with E-state index < -0.39 is 17.9 Å². The van der Waals surface area contributed by atoms with Crippen LogP contribution in [0.4, 0.5) is 19.0 Å². The van der Waals surface area contributed by atoms with Gasteiger partial charge in [-0.2, -0.15) is 18.6 Å². The summed E-state index contributed by atoms with van der Waals surface area (Å²) >= 11 is 0. The molecule has 0 amide bonds. The van der Waals surface area contributed by atoms with E-state index in [0.717, 1.165) is 61.0 Å². The topological polar surface area (TPSA) is 145 Å². The summed E-state index contributed by atoms with van der Waals surface area (Å²) in [5.41, 5.74) is 19.6. The van der Waals surface area contributed by atoms with E-state index in [2.05, 4.69) is 38.6 Å². The van der Waals surface area contributed by atoms with Crippen LogP contribution in [0, 0.1) is 18.8 Å². The van der Waals surface area contributed by atoms with Gasteiger partial charge in [0.05, 0.1) is 0 Å². The van der Waals surface area contributed by atoms with Gasteiger partial charge in [0.2, 0.25) is 11.7 Å². The predicted octanol–water partition coefficient (Wildman–Crippen LogP) is 0.825. The van der Waals surface area contributed by atoms with Crippen molar-refractivity contribution in [2.24, 2.45) is 28.3 Å². The number of aliphatic carboxylic acids is 1. The van der Waals surface area contributed by atoms with Crippen LogP contribution in [-0.4, -0.2) is 65.3 Å². The Hall–Kier alpha value is -2.64. The molecule has 2 saturated carbocycles. The van der Waals surface area contributed by atoms with Gasteiger partial charge in [-0.15, -0.1) is 0 Å². The van der Waals surface area contributed by atoms with Crippen molar-refractivity contribution in [3.8, 4) is 0 Å². The first-order valence-electron chi connectivity index (χ1n) is 11.4. The number of anilines is 1. The van der Waals surface area contributed by atoms with Gasteiger partial charge in [0.1, 0.15) is 5.82 Å². The van der Waals surface area contributed by atoms with Crippen LogP contribution in [0.5, 0.6) is 0 Å². The van der Waals surface area contributed by atoms with Gasteiger partial charge in [0.25, 0.3) is 0 Å². The summed E-state index contributed by atoms with van der Waals surface area (Å²) in [4.78, 5) is 23.0. The SMILES string of the molecule is Cc1cc(C2(N)N=C(N)NN2)cnc1N1CCN(C2CC3CCC2C3)CC1.O=C(O)C(F)(F)F. The molecule has 5 rings (SSSR count). The first-order valence-corrected chi connectivity index (χ1v) is 11.4. The molecule has 13 heteroatoms. The monoisotopic (exact) mass is 484 g/mol. The number of halogens is 3. The fourth-order valence-corrected chi connectivity index (χ4v) is 5.57. The van der Waals surface area contributed by atoms with Gasteiger partial charge in [-0.3, -0.25) is 16.1 Å². The third-order valence-corrected chi connectivity index (χ3v) is 7.19. The minimum absolute atomic E-state index is 0.288. The van der Waals surface area contributed by atoms with Gasteiger partial charge < -0.3 is 15.7 Å². The van der Waals surface area contributed by atoms with E-state index in [1.165, 1.54) is 25.7 Å². The van der Waals surface area contributed by atoms with Crippen molar-refractivity contribution >= 4 is 17.7 Å². The van der Waals surface area contributed by atoms with E-state index in [0.29, 0.717) is 0 Å². The molecule has 1 aromatic heterocycles. The second-order valence-electron chi connectivity index (χ2n) is 9.45. The highest BCUT2D eigenvalue weighted by atomic mass is 19.4. The minimum atomic E-state index is -5.08. The zero-order valence-electron chi connectivity index (χ0n) is 19.0. The number of pyridine rings is 1. The van der Waals surface area contributed by atoms with E-state index in [1.807, 2.05) is 0 Å². The highest BCUT2D eigenvalue weighted by Gasteiger charge is 2.43. The summed E-state index contributed by atoms with van der Waals surface area (Å²) in [7, 11) is 0. The number of piperazine rings is 1. The lowest BCUT2D eigenvalue weighted by Gasteiger charge is -2.41. The van der Waals surface area contributed by atoms with Crippen molar-refractivity contribution in [3.63, 3.8) is 0 Å². The fourth-order valence-electron chi connectivity index (χ4n) is 5.57. The van der Waals surface area contributed by atoms with E-state index in [-0.39, 0.29) is 5.96 Å². The van der Waals surface area contributed by atoms with Crippen molar-refractivity contribution in [2.75, 3.05) is 31.1 Å². The number of aromatic nitrogens is 1. The number of rotatable bonds is 3. The number of hydrogen-bond acceptors (Lipinski definition) is 9. The van der Waals surface area contributed by atoms with Gasteiger partial charge in [0.15, 0.2) is 0 Å². The number of alkyl halides is 3. The number of carboxylic acids is 1. The van der Waals surface area contributed by atoms with Crippen LogP contribution in [0.1, 0.15) is 36.8 Å². The lowest BCUT2D eigenvalue weighted by atomic mass is 9.93. The number of hydrogen-bond donors (Lipinski definition) is 5. The Labute approximate surface area is 195 Å². The second kappa shape index (κ2) is 9.19. The minimum Gasteiger partial charge on any atom is -0.475 e. The Morgan fingerprint density at radius 2 is 1.91 bits per heavy atom. The van der Waals surface area contributed by atoms with Crippen LogP contribution in [0.25, 0.3) is 0 Å². The van der Waals surface area contributed by atoms with Gasteiger partial charge in [-0.1, -0.05) is 6.42 Å². The molecule has 4 aliphatic rings. The van der Waals surface area contributed by atoms with E-state index >= 15 is 0 Å². The standard InChI is InChI=1S/C19H30N8.C2HF3O2/c1-12-8-15(19(21)23-18(20)24-25-19)11-22-17(12)27-6-4-26(5-7-27)16-10-13-2-3-14(16)9-13;3-2(4,5)1(6)7/h8,11,13-14,16,25H,2-7,9-10,21H2,1H3,(H3,20,23,24);(H,6,7). The number of carbonyl (C=O) groups is 1. The van der Waals surface area contributed by atoms with Crippen molar-refractivity contribution in [1.29, 1.82) is 0 Å². The molecule has 2 bridgehead atoms. The molecule has 0 spiro atoms. The smallest absolute Gasteiger partial charge is 0.475 e. The number of nitrogens with one attached hydrogen (secondary N) is 2. The van der Waals surface area contributed by atoms with E-state index in [1.54, 1.807) is 6.20 Å². The van der Waals surface area contributed by atoms with Crippen molar-refractivity contribution in [1.82, 2.24) is 20.7 Å². The molecule has 4 unspecified atom stereocenters. The summed E-state index contributed by atoms with van der Waals surface area (Å²) in [5.74, 6) is -0.502. The van der Waals surface area contributed by atoms with Crippen LogP contribution in [0.15, 0.2) is 17.3 Å². The van der Waals surface area contributed by atoms with Crippen molar-refractivity contribution in [2.45, 2.75) is 50.6 Å². The zero-order valence-corrected chi connectivity index (χ0v) is 19.0. The molecule has 188 valence electrons. The van der Waals surface area contributed by atoms with Crippen LogP contribution in [0.2, 0.25) is 0 Å². The molecule has 34 heavy (non-hydrogen) atoms. The number of guanidine groups is 1. The van der Waals surface area contributed by atoms with Crippen LogP contribution < -0.4 is 27.2 Å². The maximum Gasteiger partial charge on any atom is 0.490 e. The number of aliphatic imine (C=N–C) groups is 1. The summed E-state index contributed by atoms with van der Waals surface area (Å²) < 4.78 is 31.7. The van der Waals surface area contributed by atoms with Gasteiger partial charge in [-0.25, -0.2) is 14.8 Å². The summed E-state index contributed by atoms with van der Waals surface area (Å²) in [6, 6.07) is 2.89. The molecular formula is C21H31F3N8O2. The lowest BCUT2D eigenvalue weighted by Crippen LogP contribution is -2.52. The maximum atomic E-state index is 10.6. The average Bonchev–Trinajstić information content (AvgIpc) is 3.50. The fraction of sp³-hybridized carbons (Fsp3) is 0.667. The Bertz CT molecular complexity index is 950. The second-order valence-corrected chi connectivity index (χ2v) is 9.45. The normalized spacial score (nSPS) is 31.0. The number of aryl methyl sites for hydroxylation is 1. The Kier molecular flexibility index (Phi) is 6.62. The molecule has 4 atom stereocenters. The number of carboxylic acid groups (broad SMARTS) is 1. The highest BCUT2D eigenvalue weighted by molar-refractivity contribution is 5.79. The summed E-state index contributed by atoms with van der Waals surface area (Å²) in [5, 5.41) is 7.12. The Morgan fingerprint density at radius 1 is 1.24 bits per heavy atom. The maximum absolute atomic E-state index is 10.6. The van der Waals surface area contributed by atoms with Crippen LogP contribution in [-0.2, 0) is 10.6 Å². The lowest BCUT2D eigenvalue weighted by molar-refractivity contribution is -0.192. The number of fused-ring (bicyclic) bond motifs is 2. The van der Waals surface area contributed by atoms with Crippen LogP contribution in [0.3, 0.4) is 0 Å². The van der Waals surface area contributed by atoms with Gasteiger partial charge in [-0.05, 0) is 49.7 Å². The molecule has 1 saturated heterocycles. The molecule has 3 fully saturated rings. The molecule has 2 aliphatic carbocycles. The summed E-state index contributed by atoms with van der Waals surface area (Å²) in [6.45, 7) is 6.46. The number of nitrogens with zero attached hydrogens (tertiary/aromatic N) is 4. The zero-order chi connectivity index (χ0) is 24.7. The largest absolute Gasteiger partial charge is 0.490 e. The average molecular weight is 485 g/mol. The van der Waals surface area contributed by atoms with Crippen molar-refractivity contribution in [3.05, 3.63) is 23.4 Å². The van der Waals surface area contributed by atoms with Crippen molar-refractivity contribution < 1.29 is 23.1 Å². The van der Waals surface area contributed by atoms with E-state index in [9.17, 15) is 13.2 Å². The molecule has 0 aromatic carbocycles. The Balaban J connectivity index is 0.000000344. The molecule has 2 aliphatic heterocycles. The first kappa shape index (κ1) is 24.5. The third-order valence-electron chi connectivity index (χ3n) is 7.19. The summed E-state index contributed by atoms with van der Waals surface area (Å²) in [6.07, 6.45) is 2.55. The highest BCUT2D eigenvalue weighted by Crippen LogP contribution is 2.46. The molecule has 0 radical (unpaired) electrons. The van der Waals surface area contributed by atoms with Gasteiger partial charge >= 0.3 is 12.1 Å². The van der Waals surface area contributed by atoms with Gasteiger partial charge in [0, 0.05) is 44.0 Å². The molecular weight excluding hydrogens is 453 g/mol. The van der Waals surface area contributed by atoms with Crippen LogP contribution >= 0.6 is 0 Å². The molecule has 1 aromatic rings. The molecule has 7 N–H and O–H groups in total. The number of hydrazine groups is 1. The van der Waals surface area contributed by atoms with E-state index in [4.69, 9.17) is 26.4 Å². The Morgan fingerprint density at radius 3 is 2.38 bits per heavy atom. The quantitative estimate of drug-likeness (QED) is 0.421. The first-order chi connectivity index (χ1) is 16.0.